The number of aryl methyl sites for hydroxylation is 1. The predicted molar refractivity (Wildman–Crippen MR) is 113 cm³/mol. The minimum atomic E-state index is -3.50. The van der Waals surface area contributed by atoms with Gasteiger partial charge in [-0.2, -0.15) is 0 Å². The van der Waals surface area contributed by atoms with Crippen LogP contribution < -0.4 is 5.32 Å². The molecule has 6 nitrogen and oxygen atoms in total. The number of fused-ring (bicyclic) bond motifs is 1. The van der Waals surface area contributed by atoms with E-state index >= 15 is 0 Å². The summed E-state index contributed by atoms with van der Waals surface area (Å²) in [5, 5.41) is 4.34. The number of thioether (sulfide) groups is 1. The molecule has 1 N–H and O–H groups in total. The molecule has 28 heavy (non-hydrogen) atoms. The topological polar surface area (TPSA) is 79.4 Å². The molecule has 0 spiro atoms. The molecule has 0 aliphatic rings. The Morgan fingerprint density at radius 1 is 1.11 bits per heavy atom. The number of hydrogen-bond acceptors (Lipinski definition) is 5. The van der Waals surface area contributed by atoms with Gasteiger partial charge in [-0.15, -0.1) is 0 Å². The van der Waals surface area contributed by atoms with Crippen LogP contribution in [0.25, 0.3) is 10.9 Å². The molecule has 0 fully saturated rings. The van der Waals surface area contributed by atoms with Crippen molar-refractivity contribution in [3.05, 3.63) is 60.2 Å². The number of amides is 1. The number of carbonyl (C=O) groups excluding carboxylic acids is 1. The van der Waals surface area contributed by atoms with Crippen molar-refractivity contribution in [1.29, 1.82) is 0 Å². The first kappa shape index (κ1) is 20.3. The van der Waals surface area contributed by atoms with E-state index in [1.54, 1.807) is 18.2 Å². The van der Waals surface area contributed by atoms with Gasteiger partial charge in [-0.3, -0.25) is 4.79 Å². The molecular formula is C20H21N3O3S2. The Kier molecular flexibility index (Phi) is 6.02. The summed E-state index contributed by atoms with van der Waals surface area (Å²) in [5.74, 6) is 0.128. The summed E-state index contributed by atoms with van der Waals surface area (Å²) in [6.45, 7) is 1.91. The van der Waals surface area contributed by atoms with Gasteiger partial charge in [0.15, 0.2) is 0 Å². The highest BCUT2D eigenvalue weighted by Gasteiger charge is 2.18. The molecule has 0 aliphatic heterocycles. The van der Waals surface area contributed by atoms with Crippen LogP contribution >= 0.6 is 11.8 Å². The Labute approximate surface area is 169 Å². The monoisotopic (exact) mass is 415 g/mol. The molecule has 1 aromatic heterocycles. The summed E-state index contributed by atoms with van der Waals surface area (Å²) in [7, 11) is -0.489. The van der Waals surface area contributed by atoms with E-state index in [1.807, 2.05) is 43.3 Å². The van der Waals surface area contributed by atoms with Gasteiger partial charge in [0.25, 0.3) is 0 Å². The van der Waals surface area contributed by atoms with Gasteiger partial charge in [0.2, 0.25) is 15.9 Å². The number of nitrogens with one attached hydrogen (secondary N) is 1. The Morgan fingerprint density at radius 2 is 1.82 bits per heavy atom. The molecule has 3 rings (SSSR count). The highest BCUT2D eigenvalue weighted by molar-refractivity contribution is 7.99. The summed E-state index contributed by atoms with van der Waals surface area (Å²) in [5.41, 5.74) is 2.36. The van der Waals surface area contributed by atoms with Crippen molar-refractivity contribution >= 4 is 44.3 Å². The zero-order valence-electron chi connectivity index (χ0n) is 15.8. The van der Waals surface area contributed by atoms with Gasteiger partial charge in [-0.25, -0.2) is 17.7 Å². The van der Waals surface area contributed by atoms with E-state index in [0.717, 1.165) is 21.7 Å². The van der Waals surface area contributed by atoms with Gasteiger partial charge < -0.3 is 5.32 Å². The first-order chi connectivity index (χ1) is 13.3. The first-order valence-corrected chi connectivity index (χ1v) is 11.0. The van der Waals surface area contributed by atoms with Crippen LogP contribution in [0.3, 0.4) is 0 Å². The Hall–Kier alpha value is -2.42. The van der Waals surface area contributed by atoms with Crippen molar-refractivity contribution in [2.45, 2.75) is 16.8 Å². The van der Waals surface area contributed by atoms with E-state index in [9.17, 15) is 13.2 Å². The van der Waals surface area contributed by atoms with Crippen LogP contribution in [-0.4, -0.2) is 43.5 Å². The highest BCUT2D eigenvalue weighted by atomic mass is 32.2. The molecule has 3 aromatic rings. The Morgan fingerprint density at radius 3 is 2.50 bits per heavy atom. The number of hydrogen-bond donors (Lipinski definition) is 1. The lowest BCUT2D eigenvalue weighted by molar-refractivity contribution is -0.113. The number of para-hydroxylation sites is 1. The maximum atomic E-state index is 12.3. The molecule has 0 bridgehead atoms. The van der Waals surface area contributed by atoms with E-state index in [4.69, 9.17) is 0 Å². The van der Waals surface area contributed by atoms with Gasteiger partial charge >= 0.3 is 0 Å². The lowest BCUT2D eigenvalue weighted by atomic mass is 10.1. The minimum Gasteiger partial charge on any atom is -0.325 e. The molecule has 0 saturated carbocycles. The summed E-state index contributed by atoms with van der Waals surface area (Å²) in [6.07, 6.45) is 0. The van der Waals surface area contributed by atoms with Gasteiger partial charge in [0.05, 0.1) is 21.2 Å². The molecule has 0 saturated heterocycles. The fourth-order valence-electron chi connectivity index (χ4n) is 2.65. The number of pyridine rings is 1. The summed E-state index contributed by atoms with van der Waals surface area (Å²) < 4.78 is 25.9. The maximum Gasteiger partial charge on any atom is 0.242 e. The zero-order chi connectivity index (χ0) is 20.3. The van der Waals surface area contributed by atoms with Gasteiger partial charge in [-0.05, 0) is 48.9 Å². The number of aromatic nitrogens is 1. The lowest BCUT2D eigenvalue weighted by Crippen LogP contribution is -2.22. The zero-order valence-corrected chi connectivity index (χ0v) is 17.5. The molecule has 0 radical (unpaired) electrons. The van der Waals surface area contributed by atoms with Crippen molar-refractivity contribution in [2.24, 2.45) is 0 Å². The smallest absolute Gasteiger partial charge is 0.242 e. The normalized spacial score (nSPS) is 11.7. The number of nitrogens with zero attached hydrogens (tertiary/aromatic N) is 2. The molecule has 8 heteroatoms. The van der Waals surface area contributed by atoms with E-state index in [1.165, 1.54) is 30.2 Å². The van der Waals surface area contributed by atoms with Crippen molar-refractivity contribution in [3.8, 4) is 0 Å². The van der Waals surface area contributed by atoms with Crippen molar-refractivity contribution < 1.29 is 13.2 Å². The predicted octanol–water partition coefficient (Wildman–Crippen LogP) is 3.52. The average Bonchev–Trinajstić information content (AvgIpc) is 2.67. The second-order valence-corrected chi connectivity index (χ2v) is 9.59. The van der Waals surface area contributed by atoms with E-state index in [0.29, 0.717) is 5.52 Å². The van der Waals surface area contributed by atoms with Crippen LogP contribution in [0, 0.1) is 6.92 Å². The summed E-state index contributed by atoms with van der Waals surface area (Å²) in [4.78, 5) is 16.9. The van der Waals surface area contributed by atoms with Crippen molar-refractivity contribution in [2.75, 3.05) is 25.2 Å². The quantitative estimate of drug-likeness (QED) is 0.623. The van der Waals surface area contributed by atoms with Crippen LogP contribution in [0.4, 0.5) is 5.69 Å². The minimum absolute atomic E-state index is 0.108. The SMILES string of the molecule is Cc1cc(SCC(=O)Nc2ccccc2)nc2ccc(S(=O)(=O)N(C)C)cc12. The number of carbonyl (C=O) groups is 1. The number of benzene rings is 2. The van der Waals surface area contributed by atoms with Crippen LogP contribution in [0.5, 0.6) is 0 Å². The molecule has 0 unspecified atom stereocenters. The van der Waals surface area contributed by atoms with Crippen LogP contribution in [0.2, 0.25) is 0 Å². The van der Waals surface area contributed by atoms with Crippen molar-refractivity contribution in [3.63, 3.8) is 0 Å². The molecule has 2 aromatic carbocycles. The van der Waals surface area contributed by atoms with Gasteiger partial charge in [0, 0.05) is 25.2 Å². The van der Waals surface area contributed by atoms with E-state index in [-0.39, 0.29) is 16.6 Å². The third kappa shape index (κ3) is 4.52. The lowest BCUT2D eigenvalue weighted by Gasteiger charge is -2.13. The van der Waals surface area contributed by atoms with Gasteiger partial charge in [-0.1, -0.05) is 30.0 Å². The number of anilines is 1. The maximum absolute atomic E-state index is 12.3. The summed E-state index contributed by atoms with van der Waals surface area (Å²) >= 11 is 1.34. The standard InChI is InChI=1S/C20H21N3O3S2/c1-14-11-20(27-13-19(24)21-15-7-5-4-6-8-15)22-18-10-9-16(12-17(14)18)28(25,26)23(2)3/h4-12H,13H2,1-3H3,(H,21,24). The Balaban J connectivity index is 1.78. The molecule has 0 atom stereocenters. The fourth-order valence-corrected chi connectivity index (χ4v) is 4.35. The number of rotatable bonds is 6. The number of sulfonamides is 1. The second kappa shape index (κ2) is 8.30. The summed E-state index contributed by atoms with van der Waals surface area (Å²) in [6, 6.07) is 16.1. The largest absolute Gasteiger partial charge is 0.325 e. The molecular weight excluding hydrogens is 394 g/mol. The average molecular weight is 416 g/mol. The molecule has 1 amide bonds. The van der Waals surface area contributed by atoms with E-state index < -0.39 is 10.0 Å². The second-order valence-electron chi connectivity index (χ2n) is 6.45. The molecule has 146 valence electrons. The highest BCUT2D eigenvalue weighted by Crippen LogP contribution is 2.26. The Bertz CT molecular complexity index is 1110. The first-order valence-electron chi connectivity index (χ1n) is 8.59. The van der Waals surface area contributed by atoms with Crippen LogP contribution in [0.15, 0.2) is 64.5 Å². The molecule has 1 heterocycles. The van der Waals surface area contributed by atoms with Crippen LogP contribution in [-0.2, 0) is 14.8 Å². The van der Waals surface area contributed by atoms with Gasteiger partial charge in [0.1, 0.15) is 0 Å². The third-order valence-electron chi connectivity index (χ3n) is 4.15. The van der Waals surface area contributed by atoms with E-state index in [2.05, 4.69) is 10.3 Å². The van der Waals surface area contributed by atoms with Crippen molar-refractivity contribution in [1.82, 2.24) is 9.29 Å². The van der Waals surface area contributed by atoms with Crippen LogP contribution in [0.1, 0.15) is 5.56 Å². The third-order valence-corrected chi connectivity index (χ3v) is 6.87. The molecule has 0 aliphatic carbocycles. The fraction of sp³-hybridized carbons (Fsp3) is 0.200.